The second-order valence-corrected chi connectivity index (χ2v) is 6.67. The Balaban J connectivity index is 1.38. The maximum Gasteiger partial charge on any atom is 0.351 e. The molecule has 0 bridgehead atoms. The first kappa shape index (κ1) is 16.1. The third-order valence-corrected chi connectivity index (χ3v) is 4.94. The number of hydrogen-bond donors (Lipinski definition) is 0. The number of aryl methyl sites for hydroxylation is 1. The topological polar surface area (TPSA) is 45.8 Å². The highest BCUT2D eigenvalue weighted by Crippen LogP contribution is 2.12. The smallest absolute Gasteiger partial charge is 0.297 e. The Morgan fingerprint density at radius 1 is 0.960 bits per heavy atom. The minimum atomic E-state index is -0.0714. The molecular weight excluding hydrogens is 314 g/mol. The molecule has 1 aromatic carbocycles. The predicted octanol–water partition coefficient (Wildman–Crippen LogP) is 1.58. The number of benzene rings is 1. The molecule has 0 spiro atoms. The van der Waals surface area contributed by atoms with Crippen LogP contribution in [0.1, 0.15) is 11.1 Å². The Labute approximate surface area is 146 Å². The predicted molar refractivity (Wildman–Crippen MR) is 97.5 cm³/mol. The van der Waals surface area contributed by atoms with Crippen LogP contribution in [0.15, 0.2) is 53.5 Å². The largest absolute Gasteiger partial charge is 0.351 e. The minimum absolute atomic E-state index is 0.0714. The van der Waals surface area contributed by atoms with Crippen molar-refractivity contribution in [2.45, 2.75) is 20.1 Å². The molecule has 0 N–H and O–H groups in total. The van der Waals surface area contributed by atoms with Crippen molar-refractivity contribution in [1.29, 1.82) is 0 Å². The summed E-state index contributed by atoms with van der Waals surface area (Å²) in [5.41, 5.74) is 3.37. The molecule has 25 heavy (non-hydrogen) atoms. The van der Waals surface area contributed by atoms with Gasteiger partial charge in [0.2, 0.25) is 0 Å². The Morgan fingerprint density at radius 2 is 1.68 bits per heavy atom. The average molecular weight is 337 g/mol. The quantitative estimate of drug-likeness (QED) is 0.725. The molecule has 1 aliphatic heterocycles. The zero-order chi connectivity index (χ0) is 17.2. The molecule has 3 heterocycles. The molecule has 0 amide bonds. The number of fused-ring (bicyclic) bond motifs is 1. The van der Waals surface area contributed by atoms with Crippen molar-refractivity contribution in [2.24, 2.45) is 0 Å². The van der Waals surface area contributed by atoms with Crippen LogP contribution in [-0.2, 0) is 13.2 Å². The van der Waals surface area contributed by atoms with Gasteiger partial charge in [-0.15, -0.1) is 5.10 Å². The molecule has 6 heteroatoms. The van der Waals surface area contributed by atoms with Gasteiger partial charge in [0.15, 0.2) is 5.65 Å². The molecule has 0 radical (unpaired) electrons. The zero-order valence-electron chi connectivity index (χ0n) is 14.5. The molecule has 1 aliphatic rings. The summed E-state index contributed by atoms with van der Waals surface area (Å²) >= 11 is 0. The van der Waals surface area contributed by atoms with Crippen molar-refractivity contribution >= 4 is 5.65 Å². The highest BCUT2D eigenvalue weighted by Gasteiger charge is 2.19. The van der Waals surface area contributed by atoms with Crippen LogP contribution in [0.2, 0.25) is 0 Å². The van der Waals surface area contributed by atoms with Crippen molar-refractivity contribution in [3.63, 3.8) is 0 Å². The van der Waals surface area contributed by atoms with Gasteiger partial charge >= 0.3 is 5.69 Å². The third-order valence-electron chi connectivity index (χ3n) is 4.94. The van der Waals surface area contributed by atoms with Crippen LogP contribution in [0.3, 0.4) is 0 Å². The first-order valence-corrected chi connectivity index (χ1v) is 8.74. The number of hydrogen-bond acceptors (Lipinski definition) is 4. The molecule has 6 nitrogen and oxygen atoms in total. The number of aromatic nitrogens is 3. The van der Waals surface area contributed by atoms with Gasteiger partial charge in [0.25, 0.3) is 0 Å². The Kier molecular flexibility index (Phi) is 4.38. The van der Waals surface area contributed by atoms with Crippen LogP contribution < -0.4 is 5.69 Å². The van der Waals surface area contributed by atoms with E-state index in [0.29, 0.717) is 12.3 Å². The van der Waals surface area contributed by atoms with Crippen molar-refractivity contribution in [3.8, 4) is 0 Å². The van der Waals surface area contributed by atoms with Crippen LogP contribution in [0, 0.1) is 6.92 Å². The van der Waals surface area contributed by atoms with Gasteiger partial charge in [-0.05, 0) is 30.2 Å². The molecule has 0 aliphatic carbocycles. The molecule has 1 fully saturated rings. The average Bonchev–Trinajstić information content (AvgIpc) is 2.95. The van der Waals surface area contributed by atoms with Gasteiger partial charge in [0.1, 0.15) is 0 Å². The number of piperazine rings is 1. The SMILES string of the molecule is Cc1ccccc1CN1CCN(Cn2nc3ccccn3c2=O)CC1. The second kappa shape index (κ2) is 6.82. The van der Waals surface area contributed by atoms with Crippen LogP contribution in [0.4, 0.5) is 0 Å². The lowest BCUT2D eigenvalue weighted by Gasteiger charge is -2.34. The third kappa shape index (κ3) is 3.36. The summed E-state index contributed by atoms with van der Waals surface area (Å²) in [5, 5.41) is 4.42. The van der Waals surface area contributed by atoms with Crippen molar-refractivity contribution in [3.05, 3.63) is 70.3 Å². The van der Waals surface area contributed by atoms with E-state index in [1.54, 1.807) is 15.3 Å². The fourth-order valence-corrected chi connectivity index (χ4v) is 3.37. The molecule has 0 atom stereocenters. The van der Waals surface area contributed by atoms with Crippen LogP contribution >= 0.6 is 0 Å². The van der Waals surface area contributed by atoms with Gasteiger partial charge in [-0.25, -0.2) is 4.79 Å². The molecule has 0 unspecified atom stereocenters. The summed E-state index contributed by atoms with van der Waals surface area (Å²) in [6.45, 7) is 7.64. The monoisotopic (exact) mass is 337 g/mol. The fourth-order valence-electron chi connectivity index (χ4n) is 3.37. The second-order valence-electron chi connectivity index (χ2n) is 6.67. The lowest BCUT2D eigenvalue weighted by molar-refractivity contribution is 0.0974. The summed E-state index contributed by atoms with van der Waals surface area (Å²) in [7, 11) is 0. The van der Waals surface area contributed by atoms with Crippen molar-refractivity contribution in [1.82, 2.24) is 24.0 Å². The van der Waals surface area contributed by atoms with Crippen LogP contribution in [0.25, 0.3) is 5.65 Å². The molecule has 3 aromatic rings. The molecule has 4 rings (SSSR count). The van der Waals surface area contributed by atoms with Gasteiger partial charge < -0.3 is 0 Å². The van der Waals surface area contributed by atoms with E-state index < -0.39 is 0 Å². The standard InChI is InChI=1S/C19H23N5O/c1-16-6-2-3-7-17(16)14-21-10-12-22(13-11-21)15-24-19(25)23-9-5-4-8-18(23)20-24/h2-9H,10-15H2,1H3. The van der Waals surface area contributed by atoms with Gasteiger partial charge in [0, 0.05) is 38.9 Å². The van der Waals surface area contributed by atoms with E-state index in [1.165, 1.54) is 11.1 Å². The van der Waals surface area contributed by atoms with E-state index in [-0.39, 0.29) is 5.69 Å². The maximum absolute atomic E-state index is 12.4. The van der Waals surface area contributed by atoms with E-state index in [1.807, 2.05) is 18.2 Å². The van der Waals surface area contributed by atoms with Crippen LogP contribution in [0.5, 0.6) is 0 Å². The van der Waals surface area contributed by atoms with E-state index in [0.717, 1.165) is 32.7 Å². The van der Waals surface area contributed by atoms with Crippen molar-refractivity contribution < 1.29 is 0 Å². The first-order chi connectivity index (χ1) is 12.2. The Morgan fingerprint density at radius 3 is 2.44 bits per heavy atom. The zero-order valence-corrected chi connectivity index (χ0v) is 14.5. The highest BCUT2D eigenvalue weighted by atomic mass is 16.2. The van der Waals surface area contributed by atoms with E-state index >= 15 is 0 Å². The van der Waals surface area contributed by atoms with Gasteiger partial charge in [-0.2, -0.15) is 4.68 Å². The fraction of sp³-hybridized carbons (Fsp3) is 0.368. The lowest BCUT2D eigenvalue weighted by Crippen LogP contribution is -2.47. The molecule has 2 aromatic heterocycles. The van der Waals surface area contributed by atoms with Gasteiger partial charge in [-0.3, -0.25) is 14.2 Å². The lowest BCUT2D eigenvalue weighted by atomic mass is 10.1. The van der Waals surface area contributed by atoms with Gasteiger partial charge in [0.05, 0.1) is 6.67 Å². The Hall–Kier alpha value is -2.44. The maximum atomic E-state index is 12.4. The molecule has 1 saturated heterocycles. The highest BCUT2D eigenvalue weighted by molar-refractivity contribution is 5.35. The normalized spacial score (nSPS) is 16.5. The van der Waals surface area contributed by atoms with Crippen molar-refractivity contribution in [2.75, 3.05) is 26.2 Å². The summed E-state index contributed by atoms with van der Waals surface area (Å²) in [6.07, 6.45) is 1.77. The van der Waals surface area contributed by atoms with E-state index in [9.17, 15) is 4.79 Å². The van der Waals surface area contributed by atoms with Crippen LogP contribution in [-0.4, -0.2) is 50.2 Å². The summed E-state index contributed by atoms with van der Waals surface area (Å²) in [5.74, 6) is 0. The van der Waals surface area contributed by atoms with E-state index in [4.69, 9.17) is 0 Å². The number of nitrogens with zero attached hydrogens (tertiary/aromatic N) is 5. The summed E-state index contributed by atoms with van der Waals surface area (Å²) < 4.78 is 3.15. The molecular formula is C19H23N5O. The first-order valence-electron chi connectivity index (χ1n) is 8.74. The summed E-state index contributed by atoms with van der Waals surface area (Å²) in [6, 6.07) is 14.2. The molecule has 0 saturated carbocycles. The minimum Gasteiger partial charge on any atom is -0.297 e. The van der Waals surface area contributed by atoms with Gasteiger partial charge in [-0.1, -0.05) is 30.3 Å². The summed E-state index contributed by atoms with van der Waals surface area (Å²) in [4.78, 5) is 17.1. The number of pyridine rings is 1. The molecule has 130 valence electrons. The number of rotatable bonds is 4. The van der Waals surface area contributed by atoms with E-state index in [2.05, 4.69) is 46.1 Å². The Bertz CT molecular complexity index is 921.